The summed E-state index contributed by atoms with van der Waals surface area (Å²) >= 11 is 3.20. The minimum absolute atomic E-state index is 0.000913. The van der Waals surface area contributed by atoms with Crippen LogP contribution in [-0.4, -0.2) is 19.2 Å². The molecule has 1 aromatic heterocycles. The number of hydrogen-bond acceptors (Lipinski definition) is 3. The normalized spacial score (nSPS) is 12.5. The van der Waals surface area contributed by atoms with Crippen molar-refractivity contribution in [3.05, 3.63) is 22.9 Å². The Hall–Kier alpha value is -0.620. The minimum atomic E-state index is -3.31. The molecule has 6 heteroatoms. The molecule has 0 atom stereocenters. The number of aromatic nitrogens is 1. The lowest BCUT2D eigenvalue weighted by Gasteiger charge is -2.18. The van der Waals surface area contributed by atoms with E-state index in [1.54, 1.807) is 18.3 Å². The summed E-state index contributed by atoms with van der Waals surface area (Å²) < 4.78 is 26.7. The molecule has 0 fully saturated rings. The predicted octanol–water partition coefficient (Wildman–Crippen LogP) is 3.02. The molecule has 0 aliphatic rings. The molecule has 0 saturated carbocycles. The van der Waals surface area contributed by atoms with Crippen LogP contribution >= 0.6 is 15.9 Å². The van der Waals surface area contributed by atoms with E-state index in [1.807, 2.05) is 20.8 Å². The maximum Gasteiger partial charge on any atom is 0.232 e. The number of hydrogen-bond donors (Lipinski definition) is 1. The van der Waals surface area contributed by atoms with Crippen molar-refractivity contribution in [2.75, 3.05) is 10.5 Å². The zero-order chi connectivity index (χ0) is 13.1. The Balaban J connectivity index is 2.71. The topological polar surface area (TPSA) is 59.1 Å². The molecule has 0 spiro atoms. The summed E-state index contributed by atoms with van der Waals surface area (Å²) in [6, 6.07) is 3.36. The Morgan fingerprint density at radius 2 is 2.06 bits per heavy atom. The van der Waals surface area contributed by atoms with E-state index in [9.17, 15) is 8.42 Å². The molecule has 0 aliphatic heterocycles. The Bertz CT molecular complexity index is 480. The smallest absolute Gasteiger partial charge is 0.232 e. The Morgan fingerprint density at radius 3 is 2.59 bits per heavy atom. The standard InChI is InChI=1S/C11H17BrN2O2S/c1-11(2,3)6-8-17(15,16)14-9-5-4-7-13-10(9)12/h4-5,7,14H,6,8H2,1-3H3. The van der Waals surface area contributed by atoms with Gasteiger partial charge in [0.2, 0.25) is 10.0 Å². The highest BCUT2D eigenvalue weighted by atomic mass is 79.9. The summed E-state index contributed by atoms with van der Waals surface area (Å²) in [5, 5.41) is 0. The average molecular weight is 321 g/mol. The number of nitrogens with zero attached hydrogens (tertiary/aromatic N) is 1. The monoisotopic (exact) mass is 320 g/mol. The Labute approximate surface area is 111 Å². The van der Waals surface area contributed by atoms with Crippen LogP contribution < -0.4 is 4.72 Å². The minimum Gasteiger partial charge on any atom is -0.281 e. The van der Waals surface area contributed by atoms with Gasteiger partial charge in [0, 0.05) is 6.20 Å². The van der Waals surface area contributed by atoms with Crippen LogP contribution in [0.25, 0.3) is 0 Å². The van der Waals surface area contributed by atoms with Crippen LogP contribution in [0, 0.1) is 5.41 Å². The van der Waals surface area contributed by atoms with Crippen LogP contribution in [0.3, 0.4) is 0 Å². The van der Waals surface area contributed by atoms with E-state index in [0.29, 0.717) is 16.7 Å². The van der Waals surface area contributed by atoms with Gasteiger partial charge in [-0.2, -0.15) is 0 Å². The molecule has 96 valence electrons. The molecule has 1 heterocycles. The molecule has 0 aromatic carbocycles. The van der Waals surface area contributed by atoms with Gasteiger partial charge in [0.05, 0.1) is 11.4 Å². The van der Waals surface area contributed by atoms with Gasteiger partial charge in [0.15, 0.2) is 0 Å². The van der Waals surface area contributed by atoms with Gasteiger partial charge in [-0.25, -0.2) is 13.4 Å². The molecule has 0 radical (unpaired) electrons. The summed E-state index contributed by atoms with van der Waals surface area (Å²) in [5.74, 6) is 0.109. The molecule has 0 aliphatic carbocycles. The second-order valence-electron chi connectivity index (χ2n) is 5.07. The summed E-state index contributed by atoms with van der Waals surface area (Å²) in [7, 11) is -3.31. The summed E-state index contributed by atoms with van der Waals surface area (Å²) in [6.07, 6.45) is 2.21. The van der Waals surface area contributed by atoms with Crippen molar-refractivity contribution in [2.45, 2.75) is 27.2 Å². The number of anilines is 1. The maximum absolute atomic E-state index is 11.8. The van der Waals surface area contributed by atoms with Gasteiger partial charge in [-0.05, 0) is 39.9 Å². The van der Waals surface area contributed by atoms with Crippen molar-refractivity contribution in [1.82, 2.24) is 4.98 Å². The summed E-state index contributed by atoms with van der Waals surface area (Å²) in [6.45, 7) is 6.05. The van der Waals surface area contributed by atoms with Crippen LogP contribution in [0.5, 0.6) is 0 Å². The molecular formula is C11H17BrN2O2S. The zero-order valence-corrected chi connectivity index (χ0v) is 12.6. The number of sulfonamides is 1. The van der Waals surface area contributed by atoms with Gasteiger partial charge in [0.1, 0.15) is 4.60 Å². The van der Waals surface area contributed by atoms with Crippen LogP contribution in [0.4, 0.5) is 5.69 Å². The highest BCUT2D eigenvalue weighted by Gasteiger charge is 2.18. The summed E-state index contributed by atoms with van der Waals surface area (Å²) in [5.41, 5.74) is 0.474. The van der Waals surface area contributed by atoms with Gasteiger partial charge in [-0.1, -0.05) is 20.8 Å². The number of halogens is 1. The van der Waals surface area contributed by atoms with E-state index >= 15 is 0 Å². The highest BCUT2D eigenvalue weighted by molar-refractivity contribution is 9.10. The SMILES string of the molecule is CC(C)(C)CCS(=O)(=O)Nc1cccnc1Br. The lowest BCUT2D eigenvalue weighted by molar-refractivity contribution is 0.397. The molecule has 1 rings (SSSR count). The quantitative estimate of drug-likeness (QED) is 0.867. The van der Waals surface area contributed by atoms with Crippen LogP contribution in [0.15, 0.2) is 22.9 Å². The maximum atomic E-state index is 11.8. The lowest BCUT2D eigenvalue weighted by Crippen LogP contribution is -2.21. The van der Waals surface area contributed by atoms with Crippen molar-refractivity contribution in [2.24, 2.45) is 5.41 Å². The van der Waals surface area contributed by atoms with E-state index in [1.165, 1.54) is 0 Å². The second kappa shape index (κ2) is 5.35. The van der Waals surface area contributed by atoms with Crippen molar-refractivity contribution in [3.8, 4) is 0 Å². The first kappa shape index (κ1) is 14.4. The number of nitrogens with one attached hydrogen (secondary N) is 1. The van der Waals surface area contributed by atoms with Crippen molar-refractivity contribution >= 4 is 31.6 Å². The van der Waals surface area contributed by atoms with Gasteiger partial charge >= 0.3 is 0 Å². The second-order valence-corrected chi connectivity index (χ2v) is 7.67. The van der Waals surface area contributed by atoms with E-state index < -0.39 is 10.0 Å². The van der Waals surface area contributed by atoms with Gasteiger partial charge in [-0.3, -0.25) is 4.72 Å². The first-order valence-electron chi connectivity index (χ1n) is 5.31. The Kier molecular flexibility index (Phi) is 4.55. The molecule has 1 N–H and O–H groups in total. The fourth-order valence-corrected chi connectivity index (χ4v) is 3.08. The van der Waals surface area contributed by atoms with Crippen molar-refractivity contribution < 1.29 is 8.42 Å². The van der Waals surface area contributed by atoms with Gasteiger partial charge in [0.25, 0.3) is 0 Å². The first-order valence-corrected chi connectivity index (χ1v) is 7.75. The molecule has 17 heavy (non-hydrogen) atoms. The van der Waals surface area contributed by atoms with Gasteiger partial charge in [-0.15, -0.1) is 0 Å². The molecule has 0 amide bonds. The largest absolute Gasteiger partial charge is 0.281 e. The van der Waals surface area contributed by atoms with Crippen LogP contribution in [0.2, 0.25) is 0 Å². The molecule has 0 saturated heterocycles. The molecule has 1 aromatic rings. The van der Waals surface area contributed by atoms with Crippen LogP contribution in [-0.2, 0) is 10.0 Å². The lowest BCUT2D eigenvalue weighted by atomic mass is 9.94. The van der Waals surface area contributed by atoms with Gasteiger partial charge < -0.3 is 0 Å². The summed E-state index contributed by atoms with van der Waals surface area (Å²) in [4.78, 5) is 3.96. The number of pyridine rings is 1. The van der Waals surface area contributed by atoms with Crippen LogP contribution in [0.1, 0.15) is 27.2 Å². The Morgan fingerprint density at radius 1 is 1.41 bits per heavy atom. The molecule has 4 nitrogen and oxygen atoms in total. The highest BCUT2D eigenvalue weighted by Crippen LogP contribution is 2.22. The van der Waals surface area contributed by atoms with E-state index in [4.69, 9.17) is 0 Å². The third-order valence-corrected chi connectivity index (χ3v) is 4.05. The fourth-order valence-electron chi connectivity index (χ4n) is 1.12. The van der Waals surface area contributed by atoms with Crippen molar-refractivity contribution in [3.63, 3.8) is 0 Å². The van der Waals surface area contributed by atoms with Crippen molar-refractivity contribution in [1.29, 1.82) is 0 Å². The third kappa shape index (κ3) is 5.50. The molecule has 0 unspecified atom stereocenters. The average Bonchev–Trinajstić information content (AvgIpc) is 2.18. The van der Waals surface area contributed by atoms with E-state index in [-0.39, 0.29) is 11.2 Å². The molecule has 0 bridgehead atoms. The molecular weight excluding hydrogens is 304 g/mol. The fraction of sp³-hybridized carbons (Fsp3) is 0.545. The van der Waals surface area contributed by atoms with E-state index in [2.05, 4.69) is 25.6 Å². The first-order chi connectivity index (χ1) is 7.70. The van der Waals surface area contributed by atoms with E-state index in [0.717, 1.165) is 0 Å². The predicted molar refractivity (Wildman–Crippen MR) is 73.4 cm³/mol. The number of rotatable bonds is 4. The zero-order valence-electron chi connectivity index (χ0n) is 10.2. The third-order valence-electron chi connectivity index (χ3n) is 2.15.